The predicted molar refractivity (Wildman–Crippen MR) is 87.1 cm³/mol. The zero-order valence-electron chi connectivity index (χ0n) is 12.7. The van der Waals surface area contributed by atoms with E-state index in [1.165, 1.54) is 6.07 Å². The van der Waals surface area contributed by atoms with Gasteiger partial charge in [-0.25, -0.2) is 4.39 Å². The minimum atomic E-state index is -0.325. The predicted octanol–water partition coefficient (Wildman–Crippen LogP) is 3.29. The first-order valence-corrected chi connectivity index (χ1v) is 7.38. The van der Waals surface area contributed by atoms with Gasteiger partial charge in [-0.15, -0.1) is 0 Å². The summed E-state index contributed by atoms with van der Waals surface area (Å²) in [5.74, 6) is -0.646. The lowest BCUT2D eigenvalue weighted by molar-refractivity contribution is 0.0951. The molecule has 1 heterocycles. The van der Waals surface area contributed by atoms with E-state index in [0.717, 1.165) is 16.5 Å². The van der Waals surface area contributed by atoms with Crippen LogP contribution in [0.5, 0.6) is 5.75 Å². The van der Waals surface area contributed by atoms with Gasteiger partial charge in [0.15, 0.2) is 0 Å². The molecule has 5 heteroatoms. The Morgan fingerprint density at radius 3 is 2.91 bits per heavy atom. The summed E-state index contributed by atoms with van der Waals surface area (Å²) in [6.45, 7) is 2.24. The van der Waals surface area contributed by atoms with Crippen molar-refractivity contribution in [2.75, 3.05) is 6.54 Å². The van der Waals surface area contributed by atoms with E-state index in [2.05, 4.69) is 10.3 Å². The molecule has 1 amide bonds. The molecule has 3 N–H and O–H groups in total. The van der Waals surface area contributed by atoms with Gasteiger partial charge in [-0.3, -0.25) is 4.79 Å². The Bertz CT molecular complexity index is 871. The summed E-state index contributed by atoms with van der Waals surface area (Å²) in [5.41, 5.74) is 2.55. The van der Waals surface area contributed by atoms with Crippen LogP contribution in [0.1, 0.15) is 21.5 Å². The molecule has 23 heavy (non-hydrogen) atoms. The van der Waals surface area contributed by atoms with Crippen molar-refractivity contribution < 1.29 is 14.3 Å². The van der Waals surface area contributed by atoms with E-state index in [-0.39, 0.29) is 23.0 Å². The van der Waals surface area contributed by atoms with Crippen LogP contribution in [-0.2, 0) is 6.42 Å². The number of amides is 1. The van der Waals surface area contributed by atoms with Crippen LogP contribution in [0.2, 0.25) is 0 Å². The third-order valence-corrected chi connectivity index (χ3v) is 3.83. The fraction of sp³-hybridized carbons (Fsp3) is 0.167. The lowest BCUT2D eigenvalue weighted by atomic mass is 10.1. The molecular formula is C18H17FN2O2. The SMILES string of the molecule is Cc1ccc(C(=O)NCCc2c[nH]c3c(F)cccc23)c(O)c1. The van der Waals surface area contributed by atoms with Crippen LogP contribution >= 0.6 is 0 Å². The average Bonchev–Trinajstić information content (AvgIpc) is 2.92. The summed E-state index contributed by atoms with van der Waals surface area (Å²) in [7, 11) is 0. The number of phenolic OH excluding ortho intramolecular Hbond substituents is 1. The van der Waals surface area contributed by atoms with Crippen LogP contribution in [0.3, 0.4) is 0 Å². The van der Waals surface area contributed by atoms with Gasteiger partial charge in [0.1, 0.15) is 11.6 Å². The number of aromatic nitrogens is 1. The highest BCUT2D eigenvalue weighted by atomic mass is 19.1. The molecule has 4 nitrogen and oxygen atoms in total. The molecule has 0 aliphatic rings. The number of H-pyrrole nitrogens is 1. The molecule has 3 aromatic rings. The topological polar surface area (TPSA) is 65.1 Å². The number of aromatic amines is 1. The first-order valence-electron chi connectivity index (χ1n) is 7.38. The van der Waals surface area contributed by atoms with Crippen molar-refractivity contribution in [1.82, 2.24) is 10.3 Å². The molecule has 0 bridgehead atoms. The third kappa shape index (κ3) is 3.04. The normalized spacial score (nSPS) is 10.9. The smallest absolute Gasteiger partial charge is 0.255 e. The third-order valence-electron chi connectivity index (χ3n) is 3.83. The van der Waals surface area contributed by atoms with Crippen molar-refractivity contribution >= 4 is 16.8 Å². The van der Waals surface area contributed by atoms with E-state index in [0.29, 0.717) is 18.5 Å². The number of halogens is 1. The van der Waals surface area contributed by atoms with E-state index < -0.39 is 0 Å². The maximum atomic E-state index is 13.6. The number of hydrogen-bond acceptors (Lipinski definition) is 2. The Balaban J connectivity index is 1.66. The summed E-state index contributed by atoms with van der Waals surface area (Å²) in [4.78, 5) is 15.0. The Morgan fingerprint density at radius 2 is 2.13 bits per heavy atom. The number of aryl methyl sites for hydroxylation is 1. The summed E-state index contributed by atoms with van der Waals surface area (Å²) < 4.78 is 13.6. The van der Waals surface area contributed by atoms with Crippen LogP contribution < -0.4 is 5.32 Å². The van der Waals surface area contributed by atoms with E-state index in [9.17, 15) is 14.3 Å². The maximum Gasteiger partial charge on any atom is 0.255 e. The van der Waals surface area contributed by atoms with E-state index in [4.69, 9.17) is 0 Å². The number of para-hydroxylation sites is 1. The second kappa shape index (κ2) is 6.12. The molecule has 0 saturated carbocycles. The summed E-state index contributed by atoms with van der Waals surface area (Å²) in [6.07, 6.45) is 2.32. The van der Waals surface area contributed by atoms with Crippen LogP contribution in [-0.4, -0.2) is 22.5 Å². The molecule has 0 fully saturated rings. The number of carbonyl (C=O) groups excluding carboxylic acids is 1. The molecule has 0 spiro atoms. The first kappa shape index (κ1) is 15.1. The van der Waals surface area contributed by atoms with Gasteiger partial charge in [0.25, 0.3) is 5.91 Å². The summed E-state index contributed by atoms with van der Waals surface area (Å²) in [6, 6.07) is 9.84. The van der Waals surface area contributed by atoms with E-state index in [1.807, 2.05) is 13.0 Å². The number of benzene rings is 2. The van der Waals surface area contributed by atoms with E-state index >= 15 is 0 Å². The Morgan fingerprint density at radius 1 is 1.30 bits per heavy atom. The quantitative estimate of drug-likeness (QED) is 0.692. The number of fused-ring (bicyclic) bond motifs is 1. The van der Waals surface area contributed by atoms with Gasteiger partial charge in [0, 0.05) is 18.1 Å². The van der Waals surface area contributed by atoms with Crippen LogP contribution in [0.4, 0.5) is 4.39 Å². The van der Waals surface area contributed by atoms with Crippen LogP contribution in [0, 0.1) is 12.7 Å². The highest BCUT2D eigenvalue weighted by Gasteiger charge is 2.11. The molecule has 0 unspecified atom stereocenters. The molecule has 0 aliphatic carbocycles. The van der Waals surface area contributed by atoms with Crippen LogP contribution in [0.15, 0.2) is 42.6 Å². The fourth-order valence-corrected chi connectivity index (χ4v) is 2.62. The molecular weight excluding hydrogens is 295 g/mol. The monoisotopic (exact) mass is 312 g/mol. The Kier molecular flexibility index (Phi) is 4.02. The average molecular weight is 312 g/mol. The second-order valence-corrected chi connectivity index (χ2v) is 5.50. The highest BCUT2D eigenvalue weighted by Crippen LogP contribution is 2.21. The lowest BCUT2D eigenvalue weighted by Crippen LogP contribution is -2.25. The van der Waals surface area contributed by atoms with Gasteiger partial charge < -0.3 is 15.4 Å². The highest BCUT2D eigenvalue weighted by molar-refractivity contribution is 5.96. The minimum absolute atomic E-state index is 0.0309. The standard InChI is InChI=1S/C18H17FN2O2/c1-11-5-6-14(16(22)9-11)18(23)20-8-7-12-10-21-17-13(12)3-2-4-15(17)19/h2-6,9-10,21-22H,7-8H2,1H3,(H,20,23). The molecule has 118 valence electrons. The largest absolute Gasteiger partial charge is 0.507 e. The van der Waals surface area contributed by atoms with Gasteiger partial charge in [-0.1, -0.05) is 18.2 Å². The number of rotatable bonds is 4. The van der Waals surface area contributed by atoms with Gasteiger partial charge in [-0.2, -0.15) is 0 Å². The summed E-state index contributed by atoms with van der Waals surface area (Å²) in [5, 5.41) is 13.4. The number of hydrogen-bond donors (Lipinski definition) is 3. The zero-order chi connectivity index (χ0) is 16.4. The van der Waals surface area contributed by atoms with E-state index in [1.54, 1.807) is 30.5 Å². The zero-order valence-corrected chi connectivity index (χ0v) is 12.7. The van der Waals surface area contributed by atoms with Gasteiger partial charge in [0.2, 0.25) is 0 Å². The van der Waals surface area contributed by atoms with Crippen LogP contribution in [0.25, 0.3) is 10.9 Å². The van der Waals surface area contributed by atoms with Crippen molar-refractivity contribution in [2.45, 2.75) is 13.3 Å². The first-order chi connectivity index (χ1) is 11.1. The van der Waals surface area contributed by atoms with Crippen molar-refractivity contribution in [2.24, 2.45) is 0 Å². The molecule has 0 saturated heterocycles. The Hall–Kier alpha value is -2.82. The fourth-order valence-electron chi connectivity index (χ4n) is 2.62. The number of phenols is 1. The van der Waals surface area contributed by atoms with Crippen molar-refractivity contribution in [1.29, 1.82) is 0 Å². The molecule has 2 aromatic carbocycles. The number of aromatic hydroxyl groups is 1. The van der Waals surface area contributed by atoms with Crippen molar-refractivity contribution in [3.8, 4) is 5.75 Å². The summed E-state index contributed by atoms with van der Waals surface area (Å²) >= 11 is 0. The van der Waals surface area contributed by atoms with Gasteiger partial charge in [0.05, 0.1) is 11.1 Å². The molecule has 0 atom stereocenters. The Labute approximate surface area is 133 Å². The number of carbonyl (C=O) groups is 1. The van der Waals surface area contributed by atoms with Crippen molar-refractivity contribution in [3.05, 3.63) is 65.1 Å². The number of nitrogens with one attached hydrogen (secondary N) is 2. The molecule has 1 aromatic heterocycles. The molecule has 3 rings (SSSR count). The second-order valence-electron chi connectivity index (χ2n) is 5.50. The minimum Gasteiger partial charge on any atom is -0.507 e. The van der Waals surface area contributed by atoms with Crippen molar-refractivity contribution in [3.63, 3.8) is 0 Å². The van der Waals surface area contributed by atoms with Gasteiger partial charge >= 0.3 is 0 Å². The lowest BCUT2D eigenvalue weighted by Gasteiger charge is -2.07. The molecule has 0 radical (unpaired) electrons. The van der Waals surface area contributed by atoms with Gasteiger partial charge in [-0.05, 0) is 42.7 Å². The maximum absolute atomic E-state index is 13.6. The molecule has 0 aliphatic heterocycles.